The highest BCUT2D eigenvalue weighted by Crippen LogP contribution is 2.37. The molecule has 1 aromatic rings. The molecular weight excluding hydrogens is 310 g/mol. The van der Waals surface area contributed by atoms with Crippen molar-refractivity contribution >= 4 is 28.3 Å². The first-order valence-corrected chi connectivity index (χ1v) is 7.45. The predicted molar refractivity (Wildman–Crippen MR) is 84.4 cm³/mol. The molecule has 18 heavy (non-hydrogen) atoms. The van der Waals surface area contributed by atoms with Crippen molar-refractivity contribution in [1.82, 2.24) is 0 Å². The monoisotopic (exact) mass is 331 g/mol. The van der Waals surface area contributed by atoms with Gasteiger partial charge in [-0.2, -0.15) is 0 Å². The molecule has 0 heterocycles. The number of rotatable bonds is 3. The van der Waals surface area contributed by atoms with Gasteiger partial charge in [-0.3, -0.25) is 0 Å². The summed E-state index contributed by atoms with van der Waals surface area (Å²) in [7, 11) is 0. The van der Waals surface area contributed by atoms with Gasteiger partial charge in [-0.05, 0) is 68.6 Å². The first kappa shape index (κ1) is 16.0. The Hall–Kier alpha value is -0.0500. The lowest BCUT2D eigenvalue weighted by atomic mass is 9.77. The molecule has 1 aliphatic rings. The summed E-state index contributed by atoms with van der Waals surface area (Å²) in [5.41, 5.74) is 7.39. The topological polar surface area (TPSA) is 26.0 Å². The molecule has 1 unspecified atom stereocenters. The van der Waals surface area contributed by atoms with Crippen molar-refractivity contribution in [2.45, 2.75) is 51.0 Å². The predicted octanol–water partition coefficient (Wildman–Crippen LogP) is 4.88. The van der Waals surface area contributed by atoms with E-state index < -0.39 is 0 Å². The van der Waals surface area contributed by atoms with Crippen LogP contribution < -0.4 is 5.73 Å². The number of halogens is 2. The molecule has 0 amide bonds. The maximum Gasteiger partial charge on any atom is 0.0175 e. The fraction of sp³-hybridized carbons (Fsp3) is 0.600. The second-order valence-corrected chi connectivity index (χ2v) is 6.40. The first-order chi connectivity index (χ1) is 8.15. The van der Waals surface area contributed by atoms with Crippen LogP contribution in [0.1, 0.15) is 50.5 Å². The molecule has 0 aliphatic heterocycles. The summed E-state index contributed by atoms with van der Waals surface area (Å²) < 4.78 is 1.17. The smallest absolute Gasteiger partial charge is 0.0175 e. The molecule has 0 aromatic heterocycles. The number of hydrogen-bond donors (Lipinski definition) is 1. The lowest BCUT2D eigenvalue weighted by Crippen LogP contribution is -2.22. The van der Waals surface area contributed by atoms with E-state index in [1.165, 1.54) is 42.1 Å². The van der Waals surface area contributed by atoms with E-state index in [4.69, 9.17) is 5.73 Å². The van der Waals surface area contributed by atoms with Crippen LogP contribution >= 0.6 is 28.3 Å². The summed E-state index contributed by atoms with van der Waals surface area (Å²) in [4.78, 5) is 0. The third-order valence-electron chi connectivity index (χ3n) is 3.89. The second-order valence-electron chi connectivity index (χ2n) is 5.48. The van der Waals surface area contributed by atoms with Crippen molar-refractivity contribution in [2.24, 2.45) is 11.7 Å². The van der Waals surface area contributed by atoms with Crippen molar-refractivity contribution in [3.63, 3.8) is 0 Å². The standard InChI is InChI=1S/C15H22BrN.ClH/c1-11(17)10-12-2-4-13(5-3-12)14-6-8-15(16)9-7-14;/h6-9,11-13H,2-5,10,17H2,1H3;1H. The normalized spacial score (nSPS) is 25.3. The molecular formula is C15H23BrClN. The maximum absolute atomic E-state index is 5.88. The Kier molecular flexibility index (Phi) is 6.68. The molecule has 1 fully saturated rings. The van der Waals surface area contributed by atoms with E-state index in [1.807, 2.05) is 0 Å². The van der Waals surface area contributed by atoms with Crippen LogP contribution in [0.15, 0.2) is 28.7 Å². The summed E-state index contributed by atoms with van der Waals surface area (Å²) in [5.74, 6) is 1.63. The molecule has 1 saturated carbocycles. The van der Waals surface area contributed by atoms with Gasteiger partial charge in [0.25, 0.3) is 0 Å². The molecule has 3 heteroatoms. The fourth-order valence-corrected chi connectivity index (χ4v) is 3.26. The van der Waals surface area contributed by atoms with Crippen LogP contribution in [-0.4, -0.2) is 6.04 Å². The molecule has 0 radical (unpaired) electrons. The van der Waals surface area contributed by atoms with E-state index in [2.05, 4.69) is 47.1 Å². The minimum Gasteiger partial charge on any atom is -0.328 e. The maximum atomic E-state index is 5.88. The van der Waals surface area contributed by atoms with Crippen LogP contribution in [0.4, 0.5) is 0 Å². The van der Waals surface area contributed by atoms with Crippen LogP contribution in [0.3, 0.4) is 0 Å². The Bertz CT molecular complexity index is 342. The third kappa shape index (κ3) is 4.56. The van der Waals surface area contributed by atoms with Gasteiger partial charge in [0, 0.05) is 10.5 Å². The van der Waals surface area contributed by atoms with Crippen molar-refractivity contribution < 1.29 is 0 Å². The fourth-order valence-electron chi connectivity index (χ4n) is 2.99. The zero-order chi connectivity index (χ0) is 12.3. The van der Waals surface area contributed by atoms with Gasteiger partial charge in [-0.15, -0.1) is 12.4 Å². The van der Waals surface area contributed by atoms with E-state index in [9.17, 15) is 0 Å². The highest BCUT2D eigenvalue weighted by molar-refractivity contribution is 9.10. The Balaban J connectivity index is 0.00000162. The van der Waals surface area contributed by atoms with Gasteiger partial charge in [0.1, 0.15) is 0 Å². The minimum absolute atomic E-state index is 0. The third-order valence-corrected chi connectivity index (χ3v) is 4.42. The van der Waals surface area contributed by atoms with Gasteiger partial charge in [-0.1, -0.05) is 28.1 Å². The zero-order valence-electron chi connectivity index (χ0n) is 10.9. The Labute approximate surface area is 125 Å². The molecule has 0 saturated heterocycles. The number of hydrogen-bond acceptors (Lipinski definition) is 1. The largest absolute Gasteiger partial charge is 0.328 e. The highest BCUT2D eigenvalue weighted by atomic mass is 79.9. The molecule has 0 bridgehead atoms. The lowest BCUT2D eigenvalue weighted by molar-refractivity contribution is 0.297. The molecule has 0 spiro atoms. The molecule has 102 valence electrons. The van der Waals surface area contributed by atoms with Crippen molar-refractivity contribution in [3.05, 3.63) is 34.3 Å². The van der Waals surface area contributed by atoms with Gasteiger partial charge in [0.15, 0.2) is 0 Å². The summed E-state index contributed by atoms with van der Waals surface area (Å²) in [5, 5.41) is 0. The van der Waals surface area contributed by atoms with Crippen LogP contribution in [0.25, 0.3) is 0 Å². The zero-order valence-corrected chi connectivity index (χ0v) is 13.3. The average molecular weight is 333 g/mol. The minimum atomic E-state index is 0. The molecule has 2 rings (SSSR count). The lowest BCUT2D eigenvalue weighted by Gasteiger charge is -2.29. The molecule has 1 atom stereocenters. The highest BCUT2D eigenvalue weighted by Gasteiger charge is 2.22. The number of benzene rings is 1. The van der Waals surface area contributed by atoms with Gasteiger partial charge < -0.3 is 5.73 Å². The van der Waals surface area contributed by atoms with Crippen LogP contribution in [0.5, 0.6) is 0 Å². The molecule has 1 aliphatic carbocycles. The summed E-state index contributed by atoms with van der Waals surface area (Å²) >= 11 is 3.49. The number of nitrogens with two attached hydrogens (primary N) is 1. The summed E-state index contributed by atoms with van der Waals surface area (Å²) in [6.45, 7) is 2.13. The van der Waals surface area contributed by atoms with E-state index in [-0.39, 0.29) is 12.4 Å². The molecule has 1 aromatic carbocycles. The Morgan fingerprint density at radius 2 is 1.72 bits per heavy atom. The van der Waals surface area contributed by atoms with Crippen molar-refractivity contribution in [1.29, 1.82) is 0 Å². The Morgan fingerprint density at radius 3 is 2.22 bits per heavy atom. The summed E-state index contributed by atoms with van der Waals surface area (Å²) in [6.07, 6.45) is 6.57. The molecule has 1 nitrogen and oxygen atoms in total. The Morgan fingerprint density at radius 1 is 1.17 bits per heavy atom. The first-order valence-electron chi connectivity index (χ1n) is 6.66. The van der Waals surface area contributed by atoms with Gasteiger partial charge in [-0.25, -0.2) is 0 Å². The van der Waals surface area contributed by atoms with Crippen LogP contribution in [0.2, 0.25) is 0 Å². The van der Waals surface area contributed by atoms with E-state index >= 15 is 0 Å². The van der Waals surface area contributed by atoms with Gasteiger partial charge in [0.2, 0.25) is 0 Å². The van der Waals surface area contributed by atoms with Gasteiger partial charge >= 0.3 is 0 Å². The van der Waals surface area contributed by atoms with Crippen molar-refractivity contribution in [3.8, 4) is 0 Å². The average Bonchev–Trinajstić information content (AvgIpc) is 2.30. The van der Waals surface area contributed by atoms with Crippen molar-refractivity contribution in [2.75, 3.05) is 0 Å². The van der Waals surface area contributed by atoms with E-state index in [1.54, 1.807) is 0 Å². The van der Waals surface area contributed by atoms with Crippen LogP contribution in [0, 0.1) is 5.92 Å². The summed E-state index contributed by atoms with van der Waals surface area (Å²) in [6, 6.07) is 9.21. The quantitative estimate of drug-likeness (QED) is 0.838. The SMILES string of the molecule is CC(N)CC1CCC(c2ccc(Br)cc2)CC1.Cl. The van der Waals surface area contributed by atoms with E-state index in [0.29, 0.717) is 6.04 Å². The molecule has 2 N–H and O–H groups in total. The second kappa shape index (κ2) is 7.52. The van der Waals surface area contributed by atoms with Gasteiger partial charge in [0.05, 0.1) is 0 Å². The van der Waals surface area contributed by atoms with Crippen LogP contribution in [-0.2, 0) is 0 Å². The van der Waals surface area contributed by atoms with E-state index in [0.717, 1.165) is 11.8 Å².